The van der Waals surface area contributed by atoms with Gasteiger partial charge in [0.1, 0.15) is 0 Å². The van der Waals surface area contributed by atoms with Gasteiger partial charge in [-0.05, 0) is 62.3 Å². The zero-order valence-corrected chi connectivity index (χ0v) is 14.2. The number of benzene rings is 1. The molecule has 3 heteroatoms. The predicted molar refractivity (Wildman–Crippen MR) is 91.9 cm³/mol. The van der Waals surface area contributed by atoms with Crippen LogP contribution in [0.15, 0.2) is 30.3 Å². The van der Waals surface area contributed by atoms with Gasteiger partial charge in [0, 0.05) is 12.6 Å². The van der Waals surface area contributed by atoms with Gasteiger partial charge in [0.05, 0.1) is 13.0 Å². The summed E-state index contributed by atoms with van der Waals surface area (Å²) in [7, 11) is 1.51. The molecule has 2 aliphatic carbocycles. The molecule has 0 saturated heterocycles. The van der Waals surface area contributed by atoms with Crippen molar-refractivity contribution in [2.45, 2.75) is 64.0 Å². The number of esters is 1. The van der Waals surface area contributed by atoms with Crippen LogP contribution in [0.4, 0.5) is 0 Å². The summed E-state index contributed by atoms with van der Waals surface area (Å²) in [5.41, 5.74) is 1.88. The molecule has 0 aromatic heterocycles. The first-order valence-corrected chi connectivity index (χ1v) is 9.06. The molecule has 0 amide bonds. The van der Waals surface area contributed by atoms with E-state index in [2.05, 4.69) is 35.6 Å². The molecule has 0 heterocycles. The van der Waals surface area contributed by atoms with E-state index in [-0.39, 0.29) is 11.9 Å². The molecule has 23 heavy (non-hydrogen) atoms. The van der Waals surface area contributed by atoms with Crippen LogP contribution in [-0.2, 0) is 16.1 Å². The molecular weight excluding hydrogens is 286 g/mol. The number of methoxy groups -OCH3 is 1. The molecule has 126 valence electrons. The summed E-state index contributed by atoms with van der Waals surface area (Å²) in [5, 5.41) is 3.72. The summed E-state index contributed by atoms with van der Waals surface area (Å²) in [6, 6.07) is 11.3. The minimum absolute atomic E-state index is 0.00179. The van der Waals surface area contributed by atoms with Crippen molar-refractivity contribution in [1.29, 1.82) is 0 Å². The Labute approximate surface area is 139 Å². The highest BCUT2D eigenvalue weighted by molar-refractivity contribution is 5.72. The van der Waals surface area contributed by atoms with Crippen molar-refractivity contribution in [3.05, 3.63) is 35.9 Å². The molecule has 0 unspecified atom stereocenters. The third-order valence-corrected chi connectivity index (χ3v) is 6.06. The first-order chi connectivity index (χ1) is 11.2. The van der Waals surface area contributed by atoms with Crippen LogP contribution >= 0.6 is 0 Å². The van der Waals surface area contributed by atoms with Crippen LogP contribution in [-0.4, -0.2) is 19.1 Å². The van der Waals surface area contributed by atoms with Crippen LogP contribution < -0.4 is 5.32 Å². The average Bonchev–Trinajstić information content (AvgIpc) is 2.62. The van der Waals surface area contributed by atoms with Crippen LogP contribution in [0.25, 0.3) is 0 Å². The van der Waals surface area contributed by atoms with Crippen LogP contribution in [0.1, 0.15) is 56.9 Å². The smallest absolute Gasteiger partial charge is 0.308 e. The van der Waals surface area contributed by atoms with Crippen molar-refractivity contribution in [1.82, 2.24) is 5.32 Å². The van der Waals surface area contributed by atoms with Crippen molar-refractivity contribution in [3.63, 3.8) is 0 Å². The molecule has 2 saturated carbocycles. The second kappa shape index (κ2) is 7.48. The van der Waals surface area contributed by atoms with Gasteiger partial charge < -0.3 is 10.1 Å². The maximum Gasteiger partial charge on any atom is 0.308 e. The van der Waals surface area contributed by atoms with Crippen molar-refractivity contribution >= 4 is 5.97 Å². The van der Waals surface area contributed by atoms with Gasteiger partial charge in [-0.1, -0.05) is 30.3 Å². The van der Waals surface area contributed by atoms with E-state index >= 15 is 0 Å². The molecule has 3 nitrogen and oxygen atoms in total. The summed E-state index contributed by atoms with van der Waals surface area (Å²) in [4.78, 5) is 11.7. The van der Waals surface area contributed by atoms with Gasteiger partial charge >= 0.3 is 5.97 Å². The molecule has 1 spiro atoms. The minimum Gasteiger partial charge on any atom is -0.469 e. The monoisotopic (exact) mass is 315 g/mol. The number of carbonyl (C=O) groups excluding carboxylic acids is 1. The second-order valence-electron chi connectivity index (χ2n) is 7.44. The fourth-order valence-corrected chi connectivity index (χ4v) is 4.42. The molecule has 1 aromatic rings. The second-order valence-corrected chi connectivity index (χ2v) is 7.44. The van der Waals surface area contributed by atoms with Gasteiger partial charge in [0.2, 0.25) is 0 Å². The topological polar surface area (TPSA) is 38.3 Å². The lowest BCUT2D eigenvalue weighted by atomic mass is 9.62. The highest BCUT2D eigenvalue weighted by atomic mass is 16.5. The number of ether oxygens (including phenoxy) is 1. The predicted octanol–water partition coefficient (Wildman–Crippen LogP) is 4.07. The van der Waals surface area contributed by atoms with Crippen molar-refractivity contribution in [2.75, 3.05) is 7.11 Å². The van der Waals surface area contributed by atoms with E-state index in [1.807, 2.05) is 0 Å². The van der Waals surface area contributed by atoms with Crippen LogP contribution in [0, 0.1) is 11.3 Å². The highest BCUT2D eigenvalue weighted by Gasteiger charge is 2.40. The van der Waals surface area contributed by atoms with Gasteiger partial charge in [-0.15, -0.1) is 0 Å². The first-order valence-electron chi connectivity index (χ1n) is 9.06. The maximum absolute atomic E-state index is 11.7. The maximum atomic E-state index is 11.7. The number of rotatable bonds is 4. The molecule has 2 fully saturated rings. The molecule has 0 radical (unpaired) electrons. The number of carbonyl (C=O) groups is 1. The van der Waals surface area contributed by atoms with Crippen LogP contribution in [0.5, 0.6) is 0 Å². The summed E-state index contributed by atoms with van der Waals surface area (Å²) >= 11 is 0. The Hall–Kier alpha value is -1.35. The molecule has 0 atom stereocenters. The van der Waals surface area contributed by atoms with E-state index in [1.165, 1.54) is 51.2 Å². The van der Waals surface area contributed by atoms with Crippen molar-refractivity contribution in [3.8, 4) is 0 Å². The minimum atomic E-state index is -0.00179. The fraction of sp³-hybridized carbons (Fsp3) is 0.650. The van der Waals surface area contributed by atoms with Gasteiger partial charge in [0.25, 0.3) is 0 Å². The Morgan fingerprint density at radius 3 is 2.30 bits per heavy atom. The van der Waals surface area contributed by atoms with E-state index in [4.69, 9.17) is 4.74 Å². The Bertz CT molecular complexity index is 496. The summed E-state index contributed by atoms with van der Waals surface area (Å²) < 4.78 is 4.91. The Kier molecular flexibility index (Phi) is 5.37. The van der Waals surface area contributed by atoms with Gasteiger partial charge in [0.15, 0.2) is 0 Å². The third kappa shape index (κ3) is 4.14. The number of nitrogens with one attached hydrogen (secondary N) is 1. The van der Waals surface area contributed by atoms with E-state index in [0.29, 0.717) is 11.5 Å². The van der Waals surface area contributed by atoms with Crippen LogP contribution in [0.3, 0.4) is 0 Å². The first kappa shape index (κ1) is 16.5. The summed E-state index contributed by atoms with van der Waals surface area (Å²) in [6.45, 7) is 0.975. The number of hydrogen-bond donors (Lipinski definition) is 1. The largest absolute Gasteiger partial charge is 0.469 e. The lowest BCUT2D eigenvalue weighted by Crippen LogP contribution is -2.40. The highest BCUT2D eigenvalue weighted by Crippen LogP contribution is 2.49. The zero-order valence-electron chi connectivity index (χ0n) is 14.2. The molecule has 1 N–H and O–H groups in total. The Morgan fingerprint density at radius 2 is 1.70 bits per heavy atom. The molecule has 1 aromatic carbocycles. The van der Waals surface area contributed by atoms with Crippen molar-refractivity contribution in [2.24, 2.45) is 11.3 Å². The van der Waals surface area contributed by atoms with Gasteiger partial charge in [-0.2, -0.15) is 0 Å². The number of hydrogen-bond acceptors (Lipinski definition) is 3. The molecule has 3 rings (SSSR count). The van der Waals surface area contributed by atoms with Gasteiger partial charge in [-0.3, -0.25) is 4.79 Å². The Balaban J connectivity index is 1.43. The third-order valence-electron chi connectivity index (χ3n) is 6.06. The quantitative estimate of drug-likeness (QED) is 0.851. The van der Waals surface area contributed by atoms with E-state index in [1.54, 1.807) is 0 Å². The summed E-state index contributed by atoms with van der Waals surface area (Å²) in [5.74, 6) is 0.151. The summed E-state index contributed by atoms with van der Waals surface area (Å²) in [6.07, 6.45) is 9.63. The molecule has 0 bridgehead atoms. The molecular formula is C20H29NO2. The van der Waals surface area contributed by atoms with E-state index in [9.17, 15) is 4.79 Å². The fourth-order valence-electron chi connectivity index (χ4n) is 4.42. The average molecular weight is 315 g/mol. The van der Waals surface area contributed by atoms with Gasteiger partial charge in [-0.25, -0.2) is 0 Å². The normalized spacial score (nSPS) is 31.0. The zero-order chi connectivity index (χ0) is 16.1. The van der Waals surface area contributed by atoms with E-state index < -0.39 is 0 Å². The molecule has 0 aliphatic heterocycles. The standard InChI is InChI=1S/C20H29NO2/c1-23-19(22)17-7-11-20(12-8-17)13-9-18(10-14-20)21-15-16-5-3-2-4-6-16/h2-6,17-18,21H,7-15H2,1H3. The lowest BCUT2D eigenvalue weighted by molar-refractivity contribution is -0.147. The molecule has 2 aliphatic rings. The Morgan fingerprint density at radius 1 is 1.09 bits per heavy atom. The van der Waals surface area contributed by atoms with Crippen LogP contribution in [0.2, 0.25) is 0 Å². The SMILES string of the molecule is COC(=O)C1CCC2(CCC(NCc3ccccc3)CC2)CC1. The lowest BCUT2D eigenvalue weighted by Gasteiger charge is -2.44. The van der Waals surface area contributed by atoms with Crippen molar-refractivity contribution < 1.29 is 9.53 Å². The van der Waals surface area contributed by atoms with E-state index in [0.717, 1.165) is 19.4 Å².